The summed E-state index contributed by atoms with van der Waals surface area (Å²) in [5, 5.41) is 5.47. The van der Waals surface area contributed by atoms with Crippen molar-refractivity contribution in [3.8, 4) is 0 Å². The number of benzene rings is 2. The van der Waals surface area contributed by atoms with Crippen LogP contribution in [-0.4, -0.2) is 26.0 Å². The Kier molecular flexibility index (Phi) is 7.43. The Bertz CT molecular complexity index is 1150. The summed E-state index contributed by atoms with van der Waals surface area (Å²) < 4.78 is 28.1. The molecule has 0 aliphatic carbocycles. The van der Waals surface area contributed by atoms with Crippen molar-refractivity contribution in [3.63, 3.8) is 0 Å². The number of hydrogen-bond acceptors (Lipinski definition) is 4. The van der Waals surface area contributed by atoms with Crippen LogP contribution in [0.4, 0.5) is 16.2 Å². The van der Waals surface area contributed by atoms with E-state index in [2.05, 4.69) is 38.1 Å². The van der Waals surface area contributed by atoms with Crippen LogP contribution in [0, 0.1) is 0 Å². The van der Waals surface area contributed by atoms with Gasteiger partial charge in [-0.2, -0.15) is 0 Å². The summed E-state index contributed by atoms with van der Waals surface area (Å²) in [5.41, 5.74) is 1.87. The molecule has 2 aromatic carbocycles. The lowest BCUT2D eigenvalue weighted by Crippen LogP contribution is -2.31. The zero-order valence-corrected chi connectivity index (χ0v) is 18.9. The Hall–Kier alpha value is -3.17. The number of amides is 2. The summed E-state index contributed by atoms with van der Waals surface area (Å²) in [7, 11) is -3.81. The summed E-state index contributed by atoms with van der Waals surface area (Å²) in [4.78, 5) is 16.3. The predicted molar refractivity (Wildman–Crippen MR) is 125 cm³/mol. The molecule has 0 fully saturated rings. The Labute approximate surface area is 190 Å². The number of anilines is 2. The number of urea groups is 1. The molecule has 1 aromatic heterocycles. The van der Waals surface area contributed by atoms with E-state index < -0.39 is 10.0 Å². The van der Waals surface area contributed by atoms with Crippen molar-refractivity contribution >= 4 is 43.4 Å². The number of aromatic nitrogens is 1. The fraction of sp³-hybridized carbons (Fsp3) is 0.0909. The van der Waals surface area contributed by atoms with Gasteiger partial charge in [0.1, 0.15) is 4.90 Å². The van der Waals surface area contributed by atoms with E-state index in [0.717, 1.165) is 5.56 Å². The van der Waals surface area contributed by atoms with Crippen LogP contribution >= 0.6 is 15.9 Å². The minimum absolute atomic E-state index is 0.0992. The monoisotopic (exact) mass is 500 g/mol. The molecule has 0 saturated carbocycles. The van der Waals surface area contributed by atoms with Crippen LogP contribution < -0.4 is 14.9 Å². The van der Waals surface area contributed by atoms with Crippen molar-refractivity contribution in [2.45, 2.75) is 11.4 Å². The van der Waals surface area contributed by atoms with E-state index in [1.165, 1.54) is 16.4 Å². The van der Waals surface area contributed by atoms with E-state index in [9.17, 15) is 13.2 Å². The van der Waals surface area contributed by atoms with Gasteiger partial charge in [-0.3, -0.25) is 9.29 Å². The molecule has 2 N–H and O–H groups in total. The Morgan fingerprint density at radius 3 is 2.48 bits per heavy atom. The van der Waals surface area contributed by atoms with Gasteiger partial charge in [0.2, 0.25) is 0 Å². The van der Waals surface area contributed by atoms with Gasteiger partial charge in [0.05, 0.1) is 12.2 Å². The third-order valence-corrected chi connectivity index (χ3v) is 7.09. The molecule has 0 bridgehead atoms. The van der Waals surface area contributed by atoms with Crippen molar-refractivity contribution in [1.82, 2.24) is 10.3 Å². The molecule has 1 heterocycles. The van der Waals surface area contributed by atoms with Crippen molar-refractivity contribution in [2.75, 3.05) is 16.2 Å². The Morgan fingerprint density at radius 2 is 1.84 bits per heavy atom. The van der Waals surface area contributed by atoms with E-state index in [-0.39, 0.29) is 17.5 Å². The standard InChI is InChI=1S/C22H21BrN4O3S/c1-2-14-27(31(29,30)21-8-4-3-7-20(21)23)19-11-9-18(10-12-19)26-22(28)25-16-17-6-5-13-24-15-17/h2-13,15H,1,14,16H2,(H2,25,26,28). The van der Waals surface area contributed by atoms with Crippen LogP contribution in [0.1, 0.15) is 5.56 Å². The van der Waals surface area contributed by atoms with Gasteiger partial charge in [-0.1, -0.05) is 24.3 Å². The number of carbonyl (C=O) groups excluding carboxylic acids is 1. The second-order valence-corrected chi connectivity index (χ2v) is 9.16. The number of nitrogens with zero attached hydrogens (tertiary/aromatic N) is 2. The molecule has 0 aliphatic heterocycles. The first kappa shape index (κ1) is 22.5. The fourth-order valence-corrected chi connectivity index (χ4v) is 5.21. The number of pyridine rings is 1. The summed E-state index contributed by atoms with van der Waals surface area (Å²) in [6, 6.07) is 16.5. The molecule has 0 atom stereocenters. The van der Waals surface area contributed by atoms with Crippen LogP contribution in [-0.2, 0) is 16.6 Å². The number of nitrogens with one attached hydrogen (secondary N) is 2. The summed E-state index contributed by atoms with van der Waals surface area (Å²) in [6.07, 6.45) is 4.86. The molecule has 2 amide bonds. The average molecular weight is 501 g/mol. The molecular formula is C22H21BrN4O3S. The lowest BCUT2D eigenvalue weighted by molar-refractivity contribution is 0.251. The Balaban J connectivity index is 1.72. The highest BCUT2D eigenvalue weighted by atomic mass is 79.9. The molecule has 3 aromatic rings. The minimum Gasteiger partial charge on any atom is -0.334 e. The van der Waals surface area contributed by atoms with Crippen LogP contribution in [0.3, 0.4) is 0 Å². The van der Waals surface area contributed by atoms with E-state index in [4.69, 9.17) is 0 Å². The number of halogens is 1. The quantitative estimate of drug-likeness (QED) is 0.444. The second kappa shape index (κ2) is 10.2. The van der Waals surface area contributed by atoms with E-state index in [1.807, 2.05) is 6.07 Å². The summed E-state index contributed by atoms with van der Waals surface area (Å²) in [6.45, 7) is 4.11. The largest absolute Gasteiger partial charge is 0.334 e. The first-order valence-electron chi connectivity index (χ1n) is 9.34. The molecule has 7 nitrogen and oxygen atoms in total. The third-order valence-electron chi connectivity index (χ3n) is 4.29. The van der Waals surface area contributed by atoms with E-state index in [1.54, 1.807) is 60.9 Å². The van der Waals surface area contributed by atoms with Gasteiger partial charge in [-0.25, -0.2) is 13.2 Å². The van der Waals surface area contributed by atoms with E-state index >= 15 is 0 Å². The minimum atomic E-state index is -3.81. The second-order valence-electron chi connectivity index (χ2n) is 6.47. The number of sulfonamides is 1. The fourth-order valence-electron chi connectivity index (χ4n) is 2.80. The van der Waals surface area contributed by atoms with Crippen LogP contribution in [0.25, 0.3) is 0 Å². The van der Waals surface area contributed by atoms with Crippen molar-refractivity contribution in [2.24, 2.45) is 0 Å². The molecule has 31 heavy (non-hydrogen) atoms. The van der Waals surface area contributed by atoms with Gasteiger partial charge in [-0.15, -0.1) is 6.58 Å². The maximum atomic E-state index is 13.2. The zero-order chi connectivity index (χ0) is 22.3. The highest BCUT2D eigenvalue weighted by molar-refractivity contribution is 9.10. The summed E-state index contributed by atoms with van der Waals surface area (Å²) >= 11 is 3.30. The van der Waals surface area contributed by atoms with Crippen molar-refractivity contribution in [1.29, 1.82) is 0 Å². The molecule has 0 aliphatic rings. The number of carbonyl (C=O) groups is 1. The van der Waals surface area contributed by atoms with Gasteiger partial charge in [-0.05, 0) is 64.0 Å². The van der Waals surface area contributed by atoms with Gasteiger partial charge in [0, 0.05) is 29.1 Å². The maximum absolute atomic E-state index is 13.2. The van der Waals surface area contributed by atoms with Gasteiger partial charge in [0.15, 0.2) is 0 Å². The average Bonchev–Trinajstić information content (AvgIpc) is 2.77. The molecule has 0 spiro atoms. The topological polar surface area (TPSA) is 91.4 Å². The van der Waals surface area contributed by atoms with Crippen LogP contribution in [0.2, 0.25) is 0 Å². The first-order valence-corrected chi connectivity index (χ1v) is 11.6. The maximum Gasteiger partial charge on any atom is 0.319 e. The van der Waals surface area contributed by atoms with Crippen LogP contribution in [0.5, 0.6) is 0 Å². The van der Waals surface area contributed by atoms with E-state index in [0.29, 0.717) is 22.4 Å². The van der Waals surface area contributed by atoms with Crippen molar-refractivity contribution < 1.29 is 13.2 Å². The lowest BCUT2D eigenvalue weighted by atomic mass is 10.2. The molecule has 0 radical (unpaired) electrons. The highest BCUT2D eigenvalue weighted by Crippen LogP contribution is 2.29. The predicted octanol–water partition coefficient (Wildman–Crippen LogP) is 4.55. The molecule has 0 unspecified atom stereocenters. The highest BCUT2D eigenvalue weighted by Gasteiger charge is 2.26. The first-order chi connectivity index (χ1) is 14.9. The SMILES string of the molecule is C=CCN(c1ccc(NC(=O)NCc2cccnc2)cc1)S(=O)(=O)c1ccccc1Br. The number of hydrogen-bond donors (Lipinski definition) is 2. The van der Waals surface area contributed by atoms with Crippen LogP contribution in [0.15, 0.2) is 95.1 Å². The molecule has 3 rings (SSSR count). The van der Waals surface area contributed by atoms with Crippen molar-refractivity contribution in [3.05, 3.63) is 95.7 Å². The zero-order valence-electron chi connectivity index (χ0n) is 16.5. The van der Waals surface area contributed by atoms with Gasteiger partial charge < -0.3 is 10.6 Å². The van der Waals surface area contributed by atoms with Gasteiger partial charge >= 0.3 is 6.03 Å². The molecule has 9 heteroatoms. The molecule has 160 valence electrons. The lowest BCUT2D eigenvalue weighted by Gasteiger charge is -2.24. The molecule has 0 saturated heterocycles. The Morgan fingerprint density at radius 1 is 1.10 bits per heavy atom. The summed E-state index contributed by atoms with van der Waals surface area (Å²) in [5.74, 6) is 0. The third kappa shape index (κ3) is 5.71. The molecular weight excluding hydrogens is 480 g/mol. The smallest absolute Gasteiger partial charge is 0.319 e. The van der Waals surface area contributed by atoms with Gasteiger partial charge in [0.25, 0.3) is 10.0 Å². The number of rotatable bonds is 8. The normalized spacial score (nSPS) is 10.9.